The van der Waals surface area contributed by atoms with E-state index in [1.807, 2.05) is 6.92 Å². The molecule has 0 unspecified atom stereocenters. The van der Waals surface area contributed by atoms with Gasteiger partial charge in [-0.3, -0.25) is 0 Å². The van der Waals surface area contributed by atoms with Crippen molar-refractivity contribution in [1.82, 2.24) is 0 Å². The van der Waals surface area contributed by atoms with Crippen LogP contribution in [0.2, 0.25) is 0 Å². The van der Waals surface area contributed by atoms with Crippen LogP contribution in [-0.2, 0) is 4.74 Å². The topological polar surface area (TPSA) is 70.6 Å². The number of carbonyl (C=O) groups is 1. The second-order valence-corrected chi connectivity index (χ2v) is 3.74. The molecule has 17 heavy (non-hydrogen) atoms. The molecular formula is C12H18N2O3. The van der Waals surface area contributed by atoms with Crippen LogP contribution in [0.4, 0.5) is 11.4 Å². The van der Waals surface area contributed by atoms with Crippen molar-refractivity contribution >= 4 is 17.3 Å². The quantitative estimate of drug-likeness (QED) is 0.705. The third-order valence-corrected chi connectivity index (χ3v) is 2.52. The first-order valence-electron chi connectivity index (χ1n) is 5.40. The summed E-state index contributed by atoms with van der Waals surface area (Å²) in [6.07, 6.45) is 0.0631. The van der Waals surface area contributed by atoms with Gasteiger partial charge >= 0.3 is 5.97 Å². The van der Waals surface area contributed by atoms with Crippen LogP contribution in [-0.4, -0.2) is 37.9 Å². The standard InChI is InChI=1S/C12H18N2O3/c1-8(17-3)7-14-11-6-9(12(15)16)4-5-10(11)13-2/h4-6,8,13-14H,7H2,1-3H3,(H,15,16)/t8-/m1/s1. The lowest BCUT2D eigenvalue weighted by Gasteiger charge is -2.15. The minimum atomic E-state index is -0.935. The van der Waals surface area contributed by atoms with Crippen LogP contribution in [0.25, 0.3) is 0 Å². The van der Waals surface area contributed by atoms with Gasteiger partial charge in [0, 0.05) is 20.7 Å². The lowest BCUT2D eigenvalue weighted by Crippen LogP contribution is -2.18. The van der Waals surface area contributed by atoms with Crippen molar-refractivity contribution in [3.05, 3.63) is 23.8 Å². The zero-order valence-electron chi connectivity index (χ0n) is 10.3. The SMILES string of the molecule is CNc1ccc(C(=O)O)cc1NC[C@@H](C)OC. The van der Waals surface area contributed by atoms with Gasteiger partial charge in [-0.05, 0) is 25.1 Å². The van der Waals surface area contributed by atoms with E-state index >= 15 is 0 Å². The fraction of sp³-hybridized carbons (Fsp3) is 0.417. The molecule has 1 atom stereocenters. The third-order valence-electron chi connectivity index (χ3n) is 2.52. The Morgan fingerprint density at radius 3 is 2.71 bits per heavy atom. The van der Waals surface area contributed by atoms with E-state index in [1.165, 1.54) is 0 Å². The molecule has 5 heteroatoms. The maximum absolute atomic E-state index is 10.9. The minimum absolute atomic E-state index is 0.0631. The highest BCUT2D eigenvalue weighted by molar-refractivity contribution is 5.90. The number of anilines is 2. The van der Waals surface area contributed by atoms with Crippen LogP contribution >= 0.6 is 0 Å². The van der Waals surface area contributed by atoms with Gasteiger partial charge in [0.2, 0.25) is 0 Å². The van der Waals surface area contributed by atoms with Crippen LogP contribution in [0.3, 0.4) is 0 Å². The van der Waals surface area contributed by atoms with Gasteiger partial charge < -0.3 is 20.5 Å². The summed E-state index contributed by atoms with van der Waals surface area (Å²) in [6.45, 7) is 2.56. The first kappa shape index (κ1) is 13.3. The molecule has 0 saturated carbocycles. The van der Waals surface area contributed by atoms with Gasteiger partial charge in [0.25, 0.3) is 0 Å². The number of benzene rings is 1. The molecule has 1 rings (SSSR count). The van der Waals surface area contributed by atoms with E-state index in [-0.39, 0.29) is 11.7 Å². The molecule has 0 heterocycles. The van der Waals surface area contributed by atoms with Crippen LogP contribution in [0.1, 0.15) is 17.3 Å². The third kappa shape index (κ3) is 3.64. The molecule has 0 amide bonds. The molecule has 94 valence electrons. The Bertz CT molecular complexity index is 393. The Morgan fingerprint density at radius 2 is 2.18 bits per heavy atom. The van der Waals surface area contributed by atoms with E-state index in [0.29, 0.717) is 6.54 Å². The number of carboxylic acid groups (broad SMARTS) is 1. The average Bonchev–Trinajstić information content (AvgIpc) is 2.35. The van der Waals surface area contributed by atoms with Crippen molar-refractivity contribution < 1.29 is 14.6 Å². The zero-order valence-corrected chi connectivity index (χ0v) is 10.3. The largest absolute Gasteiger partial charge is 0.478 e. The van der Waals surface area contributed by atoms with Crippen molar-refractivity contribution in [2.75, 3.05) is 31.3 Å². The number of rotatable bonds is 6. The van der Waals surface area contributed by atoms with Crippen molar-refractivity contribution in [2.24, 2.45) is 0 Å². The van der Waals surface area contributed by atoms with Gasteiger partial charge in [0.15, 0.2) is 0 Å². The highest BCUT2D eigenvalue weighted by Gasteiger charge is 2.08. The Kier molecular flexibility index (Phi) is 4.78. The Labute approximate surface area is 101 Å². The summed E-state index contributed by atoms with van der Waals surface area (Å²) >= 11 is 0. The molecule has 3 N–H and O–H groups in total. The van der Waals surface area contributed by atoms with Crippen LogP contribution in [0.15, 0.2) is 18.2 Å². The second-order valence-electron chi connectivity index (χ2n) is 3.74. The molecule has 1 aromatic carbocycles. The van der Waals surface area contributed by atoms with Crippen molar-refractivity contribution in [3.8, 4) is 0 Å². The number of hydrogen-bond donors (Lipinski definition) is 3. The Balaban J connectivity index is 2.86. The van der Waals surface area contributed by atoms with Crippen molar-refractivity contribution in [3.63, 3.8) is 0 Å². The van der Waals surface area contributed by atoms with E-state index < -0.39 is 5.97 Å². The lowest BCUT2D eigenvalue weighted by atomic mass is 10.1. The maximum atomic E-state index is 10.9. The summed E-state index contributed by atoms with van der Waals surface area (Å²) in [7, 11) is 3.43. The highest BCUT2D eigenvalue weighted by Crippen LogP contribution is 2.22. The number of methoxy groups -OCH3 is 1. The van der Waals surface area contributed by atoms with Gasteiger partial charge in [-0.1, -0.05) is 0 Å². The van der Waals surface area contributed by atoms with Gasteiger partial charge in [0.05, 0.1) is 23.0 Å². The molecule has 5 nitrogen and oxygen atoms in total. The first-order valence-corrected chi connectivity index (χ1v) is 5.40. The molecule has 0 bridgehead atoms. The van der Waals surface area contributed by atoms with Crippen LogP contribution < -0.4 is 10.6 Å². The number of nitrogens with one attached hydrogen (secondary N) is 2. The fourth-order valence-electron chi connectivity index (χ4n) is 1.38. The summed E-state index contributed by atoms with van der Waals surface area (Å²) in [5.74, 6) is -0.935. The van der Waals surface area contributed by atoms with E-state index in [2.05, 4.69) is 10.6 Å². The van der Waals surface area contributed by atoms with Crippen molar-refractivity contribution in [1.29, 1.82) is 0 Å². The monoisotopic (exact) mass is 238 g/mol. The number of carboxylic acids is 1. The first-order chi connectivity index (χ1) is 8.08. The normalized spacial score (nSPS) is 11.9. The number of aromatic carboxylic acids is 1. The Morgan fingerprint density at radius 1 is 1.47 bits per heavy atom. The molecule has 0 radical (unpaired) electrons. The van der Waals surface area contributed by atoms with E-state index in [0.717, 1.165) is 11.4 Å². The van der Waals surface area contributed by atoms with Gasteiger partial charge in [-0.25, -0.2) is 4.79 Å². The molecule has 0 aliphatic rings. The van der Waals surface area contributed by atoms with E-state index in [1.54, 1.807) is 32.4 Å². The highest BCUT2D eigenvalue weighted by atomic mass is 16.5. The van der Waals surface area contributed by atoms with Crippen LogP contribution in [0.5, 0.6) is 0 Å². The molecular weight excluding hydrogens is 220 g/mol. The summed E-state index contributed by atoms with van der Waals surface area (Å²) in [5, 5.41) is 15.1. The van der Waals surface area contributed by atoms with Crippen molar-refractivity contribution in [2.45, 2.75) is 13.0 Å². The molecule has 0 aromatic heterocycles. The minimum Gasteiger partial charge on any atom is -0.478 e. The smallest absolute Gasteiger partial charge is 0.335 e. The van der Waals surface area contributed by atoms with E-state index in [9.17, 15) is 4.79 Å². The zero-order chi connectivity index (χ0) is 12.8. The number of hydrogen-bond acceptors (Lipinski definition) is 4. The summed E-state index contributed by atoms with van der Waals surface area (Å²) < 4.78 is 5.12. The molecule has 0 aliphatic carbocycles. The average molecular weight is 238 g/mol. The molecule has 0 aliphatic heterocycles. The molecule has 1 aromatic rings. The summed E-state index contributed by atoms with van der Waals surface area (Å²) in [4.78, 5) is 10.9. The lowest BCUT2D eigenvalue weighted by molar-refractivity contribution is 0.0697. The second kappa shape index (κ2) is 6.10. The molecule has 0 saturated heterocycles. The Hall–Kier alpha value is -1.75. The predicted molar refractivity (Wildman–Crippen MR) is 67.9 cm³/mol. The van der Waals surface area contributed by atoms with Gasteiger partial charge in [0.1, 0.15) is 0 Å². The summed E-state index contributed by atoms with van der Waals surface area (Å²) in [5.41, 5.74) is 1.88. The van der Waals surface area contributed by atoms with E-state index in [4.69, 9.17) is 9.84 Å². The van der Waals surface area contributed by atoms with Gasteiger partial charge in [-0.15, -0.1) is 0 Å². The molecule has 0 fully saturated rings. The summed E-state index contributed by atoms with van der Waals surface area (Å²) in [6, 6.07) is 4.92. The number of ether oxygens (including phenoxy) is 1. The fourth-order valence-corrected chi connectivity index (χ4v) is 1.38. The molecule has 0 spiro atoms. The van der Waals surface area contributed by atoms with Gasteiger partial charge in [-0.2, -0.15) is 0 Å². The maximum Gasteiger partial charge on any atom is 0.335 e. The van der Waals surface area contributed by atoms with Crippen LogP contribution in [0, 0.1) is 0 Å². The predicted octanol–water partition coefficient (Wildman–Crippen LogP) is 1.87.